The standard InChI is InChI=1S/C18H20O2S/c1-18(21-2)13-19-17(15-11-7-4-8-12-15)20-16(18)14-9-5-3-6-10-14/h3-12,16-17H,13H2,1-2H3/t16-,17+,18-/m1/s1. The molecule has 110 valence electrons. The van der Waals surface area contributed by atoms with Crippen molar-refractivity contribution in [3.05, 3.63) is 71.8 Å². The van der Waals surface area contributed by atoms with Crippen LogP contribution >= 0.6 is 11.8 Å². The van der Waals surface area contributed by atoms with Crippen LogP contribution in [-0.4, -0.2) is 17.6 Å². The maximum Gasteiger partial charge on any atom is 0.184 e. The molecule has 3 rings (SSSR count). The molecule has 2 aromatic rings. The van der Waals surface area contributed by atoms with Gasteiger partial charge in [-0.05, 0) is 18.7 Å². The summed E-state index contributed by atoms with van der Waals surface area (Å²) < 4.78 is 12.2. The van der Waals surface area contributed by atoms with Crippen molar-refractivity contribution in [3.63, 3.8) is 0 Å². The van der Waals surface area contributed by atoms with Gasteiger partial charge in [0.2, 0.25) is 0 Å². The molecule has 1 heterocycles. The highest BCUT2D eigenvalue weighted by Crippen LogP contribution is 2.46. The number of rotatable bonds is 3. The first-order valence-electron chi connectivity index (χ1n) is 7.15. The van der Waals surface area contributed by atoms with Crippen molar-refractivity contribution in [3.8, 4) is 0 Å². The number of ether oxygens (including phenoxy) is 2. The predicted molar refractivity (Wildman–Crippen MR) is 87.3 cm³/mol. The minimum Gasteiger partial charge on any atom is -0.347 e. The van der Waals surface area contributed by atoms with Crippen molar-refractivity contribution >= 4 is 11.8 Å². The molecule has 1 aliphatic heterocycles. The minimum absolute atomic E-state index is 0.0210. The van der Waals surface area contributed by atoms with Gasteiger partial charge in [-0.1, -0.05) is 60.7 Å². The molecule has 0 bridgehead atoms. The van der Waals surface area contributed by atoms with Gasteiger partial charge in [0.1, 0.15) is 6.10 Å². The highest BCUT2D eigenvalue weighted by atomic mass is 32.2. The molecule has 2 nitrogen and oxygen atoms in total. The van der Waals surface area contributed by atoms with E-state index in [9.17, 15) is 0 Å². The van der Waals surface area contributed by atoms with E-state index in [2.05, 4.69) is 49.6 Å². The Morgan fingerprint density at radius 2 is 1.52 bits per heavy atom. The van der Waals surface area contributed by atoms with E-state index in [1.165, 1.54) is 5.56 Å². The summed E-state index contributed by atoms with van der Waals surface area (Å²) >= 11 is 1.80. The maximum atomic E-state index is 6.32. The molecule has 2 aromatic carbocycles. The van der Waals surface area contributed by atoms with E-state index in [0.717, 1.165) is 5.56 Å². The zero-order valence-corrected chi connectivity index (χ0v) is 13.2. The summed E-state index contributed by atoms with van der Waals surface area (Å²) in [6.07, 6.45) is 1.84. The molecular formula is C18H20O2S. The van der Waals surface area contributed by atoms with Gasteiger partial charge in [-0.3, -0.25) is 0 Å². The first-order valence-corrected chi connectivity index (χ1v) is 8.37. The van der Waals surface area contributed by atoms with Gasteiger partial charge in [0, 0.05) is 5.56 Å². The van der Waals surface area contributed by atoms with Crippen LogP contribution in [0.5, 0.6) is 0 Å². The molecule has 1 saturated heterocycles. The molecule has 0 amide bonds. The number of benzene rings is 2. The van der Waals surface area contributed by atoms with Gasteiger partial charge >= 0.3 is 0 Å². The van der Waals surface area contributed by atoms with E-state index in [4.69, 9.17) is 9.47 Å². The fourth-order valence-electron chi connectivity index (χ4n) is 2.63. The summed E-state index contributed by atoms with van der Waals surface area (Å²) in [6, 6.07) is 20.6. The Kier molecular flexibility index (Phi) is 4.34. The van der Waals surface area contributed by atoms with Crippen LogP contribution in [0, 0.1) is 0 Å². The Morgan fingerprint density at radius 1 is 0.952 bits per heavy atom. The molecule has 3 atom stereocenters. The highest BCUT2D eigenvalue weighted by Gasteiger charge is 2.42. The van der Waals surface area contributed by atoms with Crippen molar-refractivity contribution < 1.29 is 9.47 Å². The molecule has 21 heavy (non-hydrogen) atoms. The summed E-state index contributed by atoms with van der Waals surface area (Å²) in [7, 11) is 0. The largest absolute Gasteiger partial charge is 0.347 e. The van der Waals surface area contributed by atoms with Crippen molar-refractivity contribution in [2.75, 3.05) is 12.9 Å². The molecule has 1 fully saturated rings. The van der Waals surface area contributed by atoms with Crippen LogP contribution in [0.15, 0.2) is 60.7 Å². The average Bonchev–Trinajstić information content (AvgIpc) is 2.57. The molecule has 0 saturated carbocycles. The van der Waals surface area contributed by atoms with Gasteiger partial charge in [0.25, 0.3) is 0 Å². The second-order valence-electron chi connectivity index (χ2n) is 5.50. The number of thioether (sulfide) groups is 1. The SMILES string of the molecule is CS[C@]1(C)CO[C@H](c2ccccc2)O[C@@H]1c1ccccc1. The smallest absolute Gasteiger partial charge is 0.184 e. The second-order valence-corrected chi connectivity index (χ2v) is 6.84. The molecule has 0 spiro atoms. The topological polar surface area (TPSA) is 18.5 Å². The Hall–Kier alpha value is -1.29. The summed E-state index contributed by atoms with van der Waals surface area (Å²) in [5, 5.41) is 0. The quantitative estimate of drug-likeness (QED) is 0.825. The van der Waals surface area contributed by atoms with Crippen molar-refractivity contribution in [1.82, 2.24) is 0 Å². The van der Waals surface area contributed by atoms with Crippen LogP contribution in [0.2, 0.25) is 0 Å². The first kappa shape index (κ1) is 14.6. The highest BCUT2D eigenvalue weighted by molar-refractivity contribution is 8.00. The van der Waals surface area contributed by atoms with E-state index < -0.39 is 0 Å². The van der Waals surface area contributed by atoms with Crippen LogP contribution < -0.4 is 0 Å². The molecule has 1 aliphatic rings. The third kappa shape index (κ3) is 3.00. The predicted octanol–water partition coefficient (Wildman–Crippen LogP) is 4.60. The van der Waals surface area contributed by atoms with Gasteiger partial charge in [-0.2, -0.15) is 11.8 Å². The van der Waals surface area contributed by atoms with E-state index in [-0.39, 0.29) is 17.1 Å². The molecule has 0 aliphatic carbocycles. The summed E-state index contributed by atoms with van der Waals surface area (Å²) in [6.45, 7) is 2.88. The summed E-state index contributed by atoms with van der Waals surface area (Å²) in [4.78, 5) is 0. The lowest BCUT2D eigenvalue weighted by Crippen LogP contribution is -2.42. The molecule has 0 aromatic heterocycles. The Balaban J connectivity index is 1.90. The van der Waals surface area contributed by atoms with Gasteiger partial charge < -0.3 is 9.47 Å². The van der Waals surface area contributed by atoms with Crippen LogP contribution in [0.3, 0.4) is 0 Å². The molecular weight excluding hydrogens is 280 g/mol. The minimum atomic E-state index is -0.295. The monoisotopic (exact) mass is 300 g/mol. The number of hydrogen-bond donors (Lipinski definition) is 0. The van der Waals surface area contributed by atoms with Gasteiger partial charge in [0.05, 0.1) is 11.4 Å². The third-order valence-corrected chi connectivity index (χ3v) is 5.24. The molecule has 0 N–H and O–H groups in total. The second kappa shape index (κ2) is 6.22. The van der Waals surface area contributed by atoms with Gasteiger partial charge in [0.15, 0.2) is 6.29 Å². The van der Waals surface area contributed by atoms with E-state index in [1.54, 1.807) is 11.8 Å². The van der Waals surface area contributed by atoms with E-state index >= 15 is 0 Å². The number of hydrogen-bond acceptors (Lipinski definition) is 3. The van der Waals surface area contributed by atoms with Crippen LogP contribution in [-0.2, 0) is 9.47 Å². The van der Waals surface area contributed by atoms with Gasteiger partial charge in [-0.25, -0.2) is 0 Å². The summed E-state index contributed by atoms with van der Waals surface area (Å²) in [5.74, 6) is 0. The van der Waals surface area contributed by atoms with E-state index in [0.29, 0.717) is 6.61 Å². The summed E-state index contributed by atoms with van der Waals surface area (Å²) in [5.41, 5.74) is 2.28. The fourth-order valence-corrected chi connectivity index (χ4v) is 3.23. The van der Waals surface area contributed by atoms with Crippen molar-refractivity contribution in [2.45, 2.75) is 24.1 Å². The van der Waals surface area contributed by atoms with Crippen LogP contribution in [0.25, 0.3) is 0 Å². The Bertz CT molecular complexity index is 572. The lowest BCUT2D eigenvalue weighted by atomic mass is 9.95. The molecule has 3 heteroatoms. The maximum absolute atomic E-state index is 6.32. The van der Waals surface area contributed by atoms with E-state index in [1.807, 2.05) is 24.3 Å². The normalized spacial score (nSPS) is 29.2. The zero-order chi connectivity index (χ0) is 14.7. The Labute approximate surface area is 130 Å². The Morgan fingerprint density at radius 3 is 2.10 bits per heavy atom. The zero-order valence-electron chi connectivity index (χ0n) is 12.4. The lowest BCUT2D eigenvalue weighted by Gasteiger charge is -2.43. The molecule has 0 radical (unpaired) electrons. The first-order chi connectivity index (χ1) is 10.2. The fraction of sp³-hybridized carbons (Fsp3) is 0.333. The van der Waals surface area contributed by atoms with Crippen LogP contribution in [0.1, 0.15) is 30.4 Å². The average molecular weight is 300 g/mol. The van der Waals surface area contributed by atoms with Crippen molar-refractivity contribution in [1.29, 1.82) is 0 Å². The lowest BCUT2D eigenvalue weighted by molar-refractivity contribution is -0.232. The van der Waals surface area contributed by atoms with Crippen LogP contribution in [0.4, 0.5) is 0 Å². The molecule has 0 unspecified atom stereocenters. The van der Waals surface area contributed by atoms with Gasteiger partial charge in [-0.15, -0.1) is 0 Å². The van der Waals surface area contributed by atoms with Crippen molar-refractivity contribution in [2.24, 2.45) is 0 Å². The third-order valence-electron chi connectivity index (χ3n) is 3.98.